The van der Waals surface area contributed by atoms with Crippen LogP contribution in [0.15, 0.2) is 127 Å². The summed E-state index contributed by atoms with van der Waals surface area (Å²) in [5.74, 6) is 0. The summed E-state index contributed by atoms with van der Waals surface area (Å²) in [5, 5.41) is 7.88. The van der Waals surface area contributed by atoms with Gasteiger partial charge in [-0.15, -0.1) is 11.3 Å². The minimum atomic E-state index is 1.15. The lowest BCUT2D eigenvalue weighted by molar-refractivity contribution is 1.29. The second-order valence-corrected chi connectivity index (χ2v) is 9.67. The van der Waals surface area contributed by atoms with Crippen molar-refractivity contribution in [2.45, 2.75) is 0 Å². The summed E-state index contributed by atoms with van der Waals surface area (Å²) in [6, 6.07) is 45.9. The molecule has 2 heteroatoms. The molecule has 7 rings (SSSR count). The fourth-order valence-electron chi connectivity index (χ4n) is 5.05. The number of para-hydroxylation sites is 2. The number of thiophene rings is 1. The molecule has 0 fully saturated rings. The molecule has 0 saturated carbocycles. The lowest BCUT2D eigenvalue weighted by Crippen LogP contribution is -2.09. The molecule has 0 amide bonds. The summed E-state index contributed by atoms with van der Waals surface area (Å²) in [4.78, 5) is 2.34. The summed E-state index contributed by atoms with van der Waals surface area (Å²) in [6.07, 6.45) is 0. The molecule has 7 aromatic rings. The van der Waals surface area contributed by atoms with Gasteiger partial charge in [-0.2, -0.15) is 0 Å². The summed E-state index contributed by atoms with van der Waals surface area (Å²) in [6.45, 7) is 0. The first-order valence-corrected chi connectivity index (χ1v) is 12.4. The molecule has 0 saturated heterocycles. The van der Waals surface area contributed by atoms with E-state index in [1.807, 2.05) is 11.3 Å². The molecular weight excluding hydrogens is 430 g/mol. The molecule has 0 atom stereocenters. The molecule has 34 heavy (non-hydrogen) atoms. The first-order valence-electron chi connectivity index (χ1n) is 11.5. The molecule has 0 radical (unpaired) electrons. The van der Waals surface area contributed by atoms with E-state index >= 15 is 0 Å². The van der Waals surface area contributed by atoms with Crippen LogP contribution in [0.2, 0.25) is 0 Å². The average molecular weight is 452 g/mol. The maximum absolute atomic E-state index is 2.36. The van der Waals surface area contributed by atoms with Crippen LogP contribution in [0, 0.1) is 0 Å². The SMILES string of the molecule is c1ccc(N(c2ccccc2)c2ccc3ccc4ccc5c6ccccc6sc5c4c3c2)cc1. The Morgan fingerprint density at radius 1 is 0.441 bits per heavy atom. The quantitative estimate of drug-likeness (QED) is 0.242. The largest absolute Gasteiger partial charge is 0.310 e. The van der Waals surface area contributed by atoms with Crippen LogP contribution in [-0.4, -0.2) is 0 Å². The van der Waals surface area contributed by atoms with Crippen LogP contribution < -0.4 is 4.90 Å². The zero-order valence-electron chi connectivity index (χ0n) is 18.5. The second-order valence-electron chi connectivity index (χ2n) is 8.62. The van der Waals surface area contributed by atoms with Crippen molar-refractivity contribution in [2.24, 2.45) is 0 Å². The molecule has 0 spiro atoms. The van der Waals surface area contributed by atoms with E-state index in [9.17, 15) is 0 Å². The van der Waals surface area contributed by atoms with Crippen LogP contribution in [-0.2, 0) is 0 Å². The fraction of sp³-hybridized carbons (Fsp3) is 0. The molecule has 0 bridgehead atoms. The Morgan fingerprint density at radius 2 is 1.06 bits per heavy atom. The van der Waals surface area contributed by atoms with Gasteiger partial charge in [0.05, 0.1) is 0 Å². The Kier molecular flexibility index (Phi) is 4.39. The van der Waals surface area contributed by atoms with Gasteiger partial charge in [-0.1, -0.05) is 84.9 Å². The number of hydrogen-bond acceptors (Lipinski definition) is 2. The summed E-state index contributed by atoms with van der Waals surface area (Å²) in [7, 11) is 0. The lowest BCUT2D eigenvalue weighted by atomic mass is 9.99. The van der Waals surface area contributed by atoms with Gasteiger partial charge in [0.2, 0.25) is 0 Å². The number of benzene rings is 6. The van der Waals surface area contributed by atoms with Gasteiger partial charge < -0.3 is 4.90 Å². The van der Waals surface area contributed by atoms with E-state index in [4.69, 9.17) is 0 Å². The van der Waals surface area contributed by atoms with Crippen LogP contribution >= 0.6 is 11.3 Å². The van der Waals surface area contributed by atoms with Crippen molar-refractivity contribution in [3.63, 3.8) is 0 Å². The van der Waals surface area contributed by atoms with Crippen LogP contribution in [0.4, 0.5) is 17.1 Å². The van der Waals surface area contributed by atoms with Crippen molar-refractivity contribution in [1.29, 1.82) is 0 Å². The first-order chi connectivity index (χ1) is 16.9. The smallest absolute Gasteiger partial charge is 0.0468 e. The average Bonchev–Trinajstić information content (AvgIpc) is 3.29. The van der Waals surface area contributed by atoms with Gasteiger partial charge in [0.1, 0.15) is 0 Å². The lowest BCUT2D eigenvalue weighted by Gasteiger charge is -2.26. The Morgan fingerprint density at radius 3 is 1.82 bits per heavy atom. The number of fused-ring (bicyclic) bond motifs is 7. The predicted molar refractivity (Wildman–Crippen MR) is 149 cm³/mol. The highest BCUT2D eigenvalue weighted by Crippen LogP contribution is 2.43. The molecule has 1 nitrogen and oxygen atoms in total. The third kappa shape index (κ3) is 3.00. The van der Waals surface area contributed by atoms with Crippen LogP contribution in [0.25, 0.3) is 41.7 Å². The monoisotopic (exact) mass is 451 g/mol. The van der Waals surface area contributed by atoms with Gasteiger partial charge in [-0.3, -0.25) is 0 Å². The molecule has 0 N–H and O–H groups in total. The number of anilines is 3. The highest BCUT2D eigenvalue weighted by molar-refractivity contribution is 7.26. The Labute approximate surface area is 202 Å². The van der Waals surface area contributed by atoms with E-state index in [1.54, 1.807) is 0 Å². The zero-order valence-corrected chi connectivity index (χ0v) is 19.3. The van der Waals surface area contributed by atoms with Gasteiger partial charge in [-0.05, 0) is 58.6 Å². The highest BCUT2D eigenvalue weighted by atomic mass is 32.1. The standard InChI is InChI=1S/C32H21NS/c1-3-9-24(10-4-1)33(25-11-5-2-6-12-25)26-19-17-22-15-16-23-18-20-28-27-13-7-8-14-30(27)34-32(28)31(23)29(22)21-26/h1-21H. The molecular formula is C32H21NS. The summed E-state index contributed by atoms with van der Waals surface area (Å²) >= 11 is 1.90. The van der Waals surface area contributed by atoms with Gasteiger partial charge in [0, 0.05) is 42.6 Å². The Bertz CT molecular complexity index is 1760. The molecule has 0 aliphatic rings. The maximum Gasteiger partial charge on any atom is 0.0468 e. The highest BCUT2D eigenvalue weighted by Gasteiger charge is 2.15. The Hall–Kier alpha value is -4.14. The minimum absolute atomic E-state index is 1.15. The molecule has 0 aliphatic carbocycles. The third-order valence-corrected chi connectivity index (χ3v) is 7.82. The maximum atomic E-state index is 2.36. The molecule has 0 aliphatic heterocycles. The van der Waals surface area contributed by atoms with Gasteiger partial charge in [-0.25, -0.2) is 0 Å². The van der Waals surface area contributed by atoms with E-state index < -0.39 is 0 Å². The van der Waals surface area contributed by atoms with Crippen molar-refractivity contribution in [2.75, 3.05) is 4.90 Å². The number of nitrogens with zero attached hydrogens (tertiary/aromatic N) is 1. The summed E-state index contributed by atoms with van der Waals surface area (Å²) < 4.78 is 2.71. The van der Waals surface area contributed by atoms with E-state index in [2.05, 4.69) is 132 Å². The molecule has 160 valence electrons. The zero-order chi connectivity index (χ0) is 22.5. The fourth-order valence-corrected chi connectivity index (χ4v) is 6.32. The van der Waals surface area contributed by atoms with Gasteiger partial charge in [0.15, 0.2) is 0 Å². The van der Waals surface area contributed by atoms with Crippen LogP contribution in [0.1, 0.15) is 0 Å². The Balaban J connectivity index is 1.55. The molecule has 6 aromatic carbocycles. The van der Waals surface area contributed by atoms with Crippen molar-refractivity contribution in [3.8, 4) is 0 Å². The number of rotatable bonds is 3. The first kappa shape index (κ1) is 19.3. The van der Waals surface area contributed by atoms with E-state index in [1.165, 1.54) is 41.7 Å². The van der Waals surface area contributed by atoms with Crippen LogP contribution in [0.5, 0.6) is 0 Å². The van der Waals surface area contributed by atoms with Crippen molar-refractivity contribution in [3.05, 3.63) is 127 Å². The van der Waals surface area contributed by atoms with Gasteiger partial charge in [0.25, 0.3) is 0 Å². The molecule has 0 unspecified atom stereocenters. The minimum Gasteiger partial charge on any atom is -0.310 e. The van der Waals surface area contributed by atoms with Gasteiger partial charge >= 0.3 is 0 Å². The molecule has 1 heterocycles. The third-order valence-electron chi connectivity index (χ3n) is 6.61. The van der Waals surface area contributed by atoms with Crippen molar-refractivity contribution < 1.29 is 0 Å². The van der Waals surface area contributed by atoms with E-state index in [0.717, 1.165) is 17.1 Å². The number of hydrogen-bond donors (Lipinski definition) is 0. The second kappa shape index (κ2) is 7.72. The van der Waals surface area contributed by atoms with E-state index in [-0.39, 0.29) is 0 Å². The molecule has 1 aromatic heterocycles. The predicted octanol–water partition coefficient (Wildman–Crippen LogP) is 9.83. The summed E-state index contributed by atoms with van der Waals surface area (Å²) in [5.41, 5.74) is 3.47. The van der Waals surface area contributed by atoms with Crippen molar-refractivity contribution >= 4 is 70.1 Å². The van der Waals surface area contributed by atoms with E-state index in [0.29, 0.717) is 0 Å². The van der Waals surface area contributed by atoms with Crippen molar-refractivity contribution in [1.82, 2.24) is 0 Å². The van der Waals surface area contributed by atoms with Crippen LogP contribution in [0.3, 0.4) is 0 Å². The normalized spacial score (nSPS) is 11.5. The topological polar surface area (TPSA) is 3.24 Å².